The molecule has 2 saturated heterocycles. The maximum absolute atomic E-state index is 12.9. The zero-order chi connectivity index (χ0) is 20.9. The number of nitrogens with one attached hydrogen (secondary N) is 1. The lowest BCUT2D eigenvalue weighted by Gasteiger charge is -2.32. The van der Waals surface area contributed by atoms with E-state index < -0.39 is 10.0 Å². The van der Waals surface area contributed by atoms with Crippen molar-refractivity contribution in [1.82, 2.24) is 19.4 Å². The van der Waals surface area contributed by atoms with Crippen LogP contribution in [0.1, 0.15) is 29.6 Å². The lowest BCUT2D eigenvalue weighted by atomic mass is 10.2. The highest BCUT2D eigenvalue weighted by Crippen LogP contribution is 2.26. The van der Waals surface area contributed by atoms with Crippen LogP contribution in [0.25, 0.3) is 0 Å². The molecule has 0 spiro atoms. The monoisotopic (exact) mass is 440 g/mol. The molecule has 2 aliphatic heterocycles. The van der Waals surface area contributed by atoms with Crippen molar-refractivity contribution in [3.63, 3.8) is 0 Å². The summed E-state index contributed by atoms with van der Waals surface area (Å²) in [5, 5.41) is 0. The van der Waals surface area contributed by atoms with Crippen LogP contribution in [0.2, 0.25) is 0 Å². The Morgan fingerprint density at radius 1 is 1.10 bits per heavy atom. The van der Waals surface area contributed by atoms with E-state index in [-0.39, 0.29) is 10.8 Å². The maximum Gasteiger partial charge on any atom is 0.255 e. The molecule has 1 amide bonds. The SMILES string of the molecule is CSc1ccc(S(=O)(=O)NCCCN2CCN(C)CC2)cc1C(=O)N1CCCC1. The van der Waals surface area contributed by atoms with Crippen molar-refractivity contribution in [3.8, 4) is 0 Å². The highest BCUT2D eigenvalue weighted by molar-refractivity contribution is 7.98. The summed E-state index contributed by atoms with van der Waals surface area (Å²) >= 11 is 1.47. The summed E-state index contributed by atoms with van der Waals surface area (Å²) in [6.07, 6.45) is 4.69. The molecule has 2 heterocycles. The van der Waals surface area contributed by atoms with Gasteiger partial charge in [-0.25, -0.2) is 13.1 Å². The van der Waals surface area contributed by atoms with Gasteiger partial charge in [-0.05, 0) is 57.3 Å². The molecule has 2 fully saturated rings. The summed E-state index contributed by atoms with van der Waals surface area (Å²) in [6.45, 7) is 6.95. The number of sulfonamides is 1. The highest BCUT2D eigenvalue weighted by atomic mass is 32.2. The number of thioether (sulfide) groups is 1. The number of amides is 1. The van der Waals surface area contributed by atoms with Gasteiger partial charge in [0.25, 0.3) is 5.91 Å². The first-order chi connectivity index (χ1) is 13.9. The number of piperazine rings is 1. The van der Waals surface area contributed by atoms with E-state index >= 15 is 0 Å². The average molecular weight is 441 g/mol. The van der Waals surface area contributed by atoms with Gasteiger partial charge in [-0.3, -0.25) is 4.79 Å². The van der Waals surface area contributed by atoms with Crippen molar-refractivity contribution in [1.29, 1.82) is 0 Å². The van der Waals surface area contributed by atoms with Crippen LogP contribution in [0, 0.1) is 0 Å². The van der Waals surface area contributed by atoms with Crippen molar-refractivity contribution in [2.75, 3.05) is 65.7 Å². The first-order valence-electron chi connectivity index (χ1n) is 10.3. The second kappa shape index (κ2) is 10.3. The van der Waals surface area contributed by atoms with E-state index in [1.165, 1.54) is 17.8 Å². The molecular formula is C20H32N4O3S2. The van der Waals surface area contributed by atoms with Gasteiger partial charge in [-0.1, -0.05) is 0 Å². The molecule has 29 heavy (non-hydrogen) atoms. The Hall–Kier alpha value is -1.13. The number of likely N-dealkylation sites (tertiary alicyclic amines) is 1. The van der Waals surface area contributed by atoms with Gasteiger partial charge < -0.3 is 14.7 Å². The van der Waals surface area contributed by atoms with Crippen molar-refractivity contribution in [3.05, 3.63) is 23.8 Å². The van der Waals surface area contributed by atoms with Gasteiger partial charge in [0.2, 0.25) is 10.0 Å². The van der Waals surface area contributed by atoms with Crippen LogP contribution in [0.15, 0.2) is 28.0 Å². The summed E-state index contributed by atoms with van der Waals surface area (Å²) in [6, 6.07) is 4.87. The van der Waals surface area contributed by atoms with E-state index in [0.717, 1.165) is 70.0 Å². The summed E-state index contributed by atoms with van der Waals surface area (Å²) < 4.78 is 28.2. The Morgan fingerprint density at radius 2 is 1.79 bits per heavy atom. The number of likely N-dealkylation sites (N-methyl/N-ethyl adjacent to an activating group) is 1. The molecule has 1 aromatic rings. The Kier molecular flexibility index (Phi) is 7.98. The van der Waals surface area contributed by atoms with E-state index in [9.17, 15) is 13.2 Å². The van der Waals surface area contributed by atoms with Crippen LogP contribution in [0.5, 0.6) is 0 Å². The number of hydrogen-bond acceptors (Lipinski definition) is 6. The lowest BCUT2D eigenvalue weighted by molar-refractivity contribution is 0.0789. The summed E-state index contributed by atoms with van der Waals surface area (Å²) in [7, 11) is -1.51. The standard InChI is InChI=1S/C20H32N4O3S2/c1-22-12-14-23(15-13-22)9-5-8-21-29(26,27)17-6-7-19(28-2)18(16-17)20(25)24-10-3-4-11-24/h6-7,16,21H,3-5,8-15H2,1-2H3. The van der Waals surface area contributed by atoms with E-state index in [0.29, 0.717) is 12.1 Å². The molecule has 7 nitrogen and oxygen atoms in total. The molecule has 3 rings (SSSR count). The third-order valence-corrected chi connectivity index (χ3v) is 7.90. The van der Waals surface area contributed by atoms with Crippen LogP contribution >= 0.6 is 11.8 Å². The van der Waals surface area contributed by atoms with E-state index in [1.807, 2.05) is 11.2 Å². The molecule has 162 valence electrons. The minimum Gasteiger partial charge on any atom is -0.339 e. The fraction of sp³-hybridized carbons (Fsp3) is 0.650. The normalized spacial score (nSPS) is 19.0. The summed E-state index contributed by atoms with van der Waals surface area (Å²) in [4.78, 5) is 20.3. The van der Waals surface area contributed by atoms with Gasteiger partial charge in [0, 0.05) is 50.7 Å². The minimum atomic E-state index is -3.63. The van der Waals surface area contributed by atoms with Crippen LogP contribution < -0.4 is 4.72 Å². The predicted molar refractivity (Wildman–Crippen MR) is 117 cm³/mol. The first kappa shape index (κ1) is 22.6. The average Bonchev–Trinajstić information content (AvgIpc) is 3.26. The van der Waals surface area contributed by atoms with Gasteiger partial charge in [-0.2, -0.15) is 0 Å². The van der Waals surface area contributed by atoms with Crippen molar-refractivity contribution < 1.29 is 13.2 Å². The predicted octanol–water partition coefficient (Wildman–Crippen LogP) is 1.56. The second-order valence-electron chi connectivity index (χ2n) is 7.76. The molecule has 0 atom stereocenters. The molecule has 0 radical (unpaired) electrons. The molecular weight excluding hydrogens is 408 g/mol. The fourth-order valence-corrected chi connectivity index (χ4v) is 5.45. The molecule has 0 aromatic heterocycles. The first-order valence-corrected chi connectivity index (χ1v) is 13.0. The second-order valence-corrected chi connectivity index (χ2v) is 10.4. The maximum atomic E-state index is 12.9. The smallest absolute Gasteiger partial charge is 0.255 e. The van der Waals surface area contributed by atoms with E-state index in [2.05, 4.69) is 21.6 Å². The fourth-order valence-electron chi connectivity index (χ4n) is 3.78. The van der Waals surface area contributed by atoms with Crippen molar-refractivity contribution >= 4 is 27.7 Å². The largest absolute Gasteiger partial charge is 0.339 e. The number of benzene rings is 1. The van der Waals surface area contributed by atoms with Crippen LogP contribution in [0.4, 0.5) is 0 Å². The molecule has 0 aliphatic carbocycles. The van der Waals surface area contributed by atoms with Gasteiger partial charge in [0.1, 0.15) is 0 Å². The summed E-state index contributed by atoms with van der Waals surface area (Å²) in [5.41, 5.74) is 0.486. The Balaban J connectivity index is 1.60. The number of nitrogens with zero attached hydrogens (tertiary/aromatic N) is 3. The molecule has 1 aromatic carbocycles. The summed E-state index contributed by atoms with van der Waals surface area (Å²) in [5.74, 6) is -0.0704. The van der Waals surface area contributed by atoms with Gasteiger partial charge in [0.05, 0.1) is 10.5 Å². The van der Waals surface area contributed by atoms with E-state index in [4.69, 9.17) is 0 Å². The zero-order valence-electron chi connectivity index (χ0n) is 17.4. The van der Waals surface area contributed by atoms with Crippen molar-refractivity contribution in [2.24, 2.45) is 0 Å². The zero-order valence-corrected chi connectivity index (χ0v) is 19.0. The Bertz CT molecular complexity index is 802. The minimum absolute atomic E-state index is 0.0704. The topological polar surface area (TPSA) is 73.0 Å². The van der Waals surface area contributed by atoms with Gasteiger partial charge >= 0.3 is 0 Å². The van der Waals surface area contributed by atoms with Gasteiger partial charge in [0.15, 0.2) is 0 Å². The molecule has 0 saturated carbocycles. The molecule has 0 unspecified atom stereocenters. The van der Waals surface area contributed by atoms with E-state index in [1.54, 1.807) is 12.1 Å². The van der Waals surface area contributed by atoms with Crippen LogP contribution in [0.3, 0.4) is 0 Å². The third kappa shape index (κ3) is 5.95. The number of carbonyl (C=O) groups is 1. The Labute approximate surface area is 178 Å². The number of rotatable bonds is 8. The molecule has 0 bridgehead atoms. The number of hydrogen-bond donors (Lipinski definition) is 1. The quantitative estimate of drug-likeness (QED) is 0.489. The highest BCUT2D eigenvalue weighted by Gasteiger charge is 2.24. The molecule has 1 N–H and O–H groups in total. The molecule has 9 heteroatoms. The van der Waals surface area contributed by atoms with Crippen LogP contribution in [-0.2, 0) is 10.0 Å². The Morgan fingerprint density at radius 3 is 2.45 bits per heavy atom. The molecule has 2 aliphatic rings. The van der Waals surface area contributed by atoms with Crippen molar-refractivity contribution in [2.45, 2.75) is 29.1 Å². The van der Waals surface area contributed by atoms with Gasteiger partial charge in [-0.15, -0.1) is 11.8 Å². The third-order valence-electron chi connectivity index (χ3n) is 5.64. The van der Waals surface area contributed by atoms with Crippen LogP contribution in [-0.4, -0.2) is 94.7 Å². The lowest BCUT2D eigenvalue weighted by Crippen LogP contribution is -2.45. The number of carbonyl (C=O) groups excluding carboxylic acids is 1.